The molecule has 1 N–H and O–H groups in total. The van der Waals surface area contributed by atoms with Gasteiger partial charge in [0, 0.05) is 12.3 Å². The highest BCUT2D eigenvalue weighted by molar-refractivity contribution is 5.83. The minimum Gasteiger partial charge on any atom is -0.481 e. The van der Waals surface area contributed by atoms with Crippen molar-refractivity contribution in [2.24, 2.45) is 5.92 Å². The molecule has 0 heterocycles. The number of carboxylic acid groups (broad SMARTS) is 1. The number of ketones is 1. The van der Waals surface area contributed by atoms with Crippen LogP contribution in [0.25, 0.3) is 0 Å². The number of aliphatic carboxylic acids is 1. The summed E-state index contributed by atoms with van der Waals surface area (Å²) in [6.07, 6.45) is 3.52. The Bertz CT molecular complexity index is 447. The van der Waals surface area contributed by atoms with E-state index in [2.05, 4.69) is 0 Å². The maximum atomic E-state index is 11.6. The molecular weight excluding hydrogens is 227 g/mol. The van der Waals surface area contributed by atoms with Crippen LogP contribution in [0, 0.1) is 5.92 Å². The Morgan fingerprint density at radius 3 is 2.56 bits per heavy atom. The van der Waals surface area contributed by atoms with E-state index in [1.165, 1.54) is 0 Å². The van der Waals surface area contributed by atoms with Gasteiger partial charge in [-0.05, 0) is 37.3 Å². The van der Waals surface area contributed by atoms with Gasteiger partial charge in [0.25, 0.3) is 0 Å². The van der Waals surface area contributed by atoms with Gasteiger partial charge in [-0.15, -0.1) is 0 Å². The van der Waals surface area contributed by atoms with Crippen LogP contribution in [-0.2, 0) is 16.0 Å². The van der Waals surface area contributed by atoms with Crippen LogP contribution < -0.4 is 0 Å². The van der Waals surface area contributed by atoms with Gasteiger partial charge in [0.2, 0.25) is 0 Å². The van der Waals surface area contributed by atoms with Gasteiger partial charge < -0.3 is 5.11 Å². The molecule has 18 heavy (non-hydrogen) atoms. The fourth-order valence-electron chi connectivity index (χ4n) is 2.47. The lowest BCUT2D eigenvalue weighted by Gasteiger charge is -2.10. The molecule has 1 aromatic carbocycles. The summed E-state index contributed by atoms with van der Waals surface area (Å²) >= 11 is 0. The number of hydrogen-bond donors (Lipinski definition) is 1. The minimum atomic E-state index is -0.811. The van der Waals surface area contributed by atoms with Crippen LogP contribution in [0.3, 0.4) is 0 Å². The quantitative estimate of drug-likeness (QED) is 0.887. The Labute approximate surface area is 107 Å². The number of hydrogen-bond acceptors (Lipinski definition) is 2. The van der Waals surface area contributed by atoms with E-state index in [9.17, 15) is 9.59 Å². The monoisotopic (exact) mass is 245 g/mol. The van der Waals surface area contributed by atoms with Crippen molar-refractivity contribution in [2.75, 3.05) is 0 Å². The van der Waals surface area contributed by atoms with Gasteiger partial charge in [0.05, 0.1) is 5.92 Å². The van der Waals surface area contributed by atoms with E-state index in [0.29, 0.717) is 5.78 Å². The second-order valence-corrected chi connectivity index (χ2v) is 5.06. The number of carbonyl (C=O) groups excluding carboxylic acids is 1. The fourth-order valence-corrected chi connectivity index (χ4v) is 2.47. The number of carbonyl (C=O) groups is 2. The van der Waals surface area contributed by atoms with E-state index in [4.69, 9.17) is 5.11 Å². The Morgan fingerprint density at radius 1 is 1.39 bits per heavy atom. The molecule has 0 radical (unpaired) electrons. The van der Waals surface area contributed by atoms with Crippen LogP contribution in [-0.4, -0.2) is 16.9 Å². The Balaban J connectivity index is 2.03. The average molecular weight is 245 g/mol. The second-order valence-electron chi connectivity index (χ2n) is 5.06. The Hall–Kier alpha value is -1.64. The van der Waals surface area contributed by atoms with E-state index in [0.717, 1.165) is 36.8 Å². The maximum Gasteiger partial charge on any atom is 0.310 e. The first-order chi connectivity index (χ1) is 8.58. The summed E-state index contributed by atoms with van der Waals surface area (Å²) in [5, 5.41) is 8.92. The van der Waals surface area contributed by atoms with Crippen LogP contribution in [0.15, 0.2) is 24.3 Å². The van der Waals surface area contributed by atoms with E-state index < -0.39 is 11.9 Å². The third-order valence-corrected chi connectivity index (χ3v) is 3.76. The maximum absolute atomic E-state index is 11.6. The summed E-state index contributed by atoms with van der Waals surface area (Å²) in [5.74, 6) is -0.744. The first-order valence-corrected chi connectivity index (χ1v) is 6.42. The molecule has 96 valence electrons. The molecule has 0 bridgehead atoms. The molecule has 0 amide bonds. The molecule has 1 aliphatic carbocycles. The van der Waals surface area contributed by atoms with Crippen molar-refractivity contribution >= 4 is 11.8 Å². The van der Waals surface area contributed by atoms with Crippen molar-refractivity contribution in [2.45, 2.75) is 38.5 Å². The van der Waals surface area contributed by atoms with Crippen LogP contribution in [0.1, 0.15) is 43.2 Å². The van der Waals surface area contributed by atoms with Crippen LogP contribution in [0.5, 0.6) is 0 Å². The Kier molecular flexibility index (Phi) is 3.80. The average Bonchev–Trinajstić information content (AvgIpc) is 2.75. The van der Waals surface area contributed by atoms with Crippen LogP contribution in [0.2, 0.25) is 0 Å². The summed E-state index contributed by atoms with van der Waals surface area (Å²) < 4.78 is 0. The highest BCUT2D eigenvalue weighted by Crippen LogP contribution is 2.25. The predicted octanol–water partition coefficient (Wildman–Crippen LogP) is 2.79. The van der Waals surface area contributed by atoms with Crippen molar-refractivity contribution in [3.63, 3.8) is 0 Å². The van der Waals surface area contributed by atoms with Crippen LogP contribution in [0.4, 0.5) is 0 Å². The normalized spacial score (nSPS) is 20.9. The number of benzene rings is 1. The lowest BCUT2D eigenvalue weighted by molar-refractivity contribution is -0.138. The number of rotatable bonds is 4. The topological polar surface area (TPSA) is 54.4 Å². The van der Waals surface area contributed by atoms with Gasteiger partial charge in [0.1, 0.15) is 5.78 Å². The van der Waals surface area contributed by atoms with E-state index in [-0.39, 0.29) is 5.92 Å². The van der Waals surface area contributed by atoms with Gasteiger partial charge in [-0.1, -0.05) is 24.3 Å². The SMILES string of the molecule is [11CH3]C(C(=O)O)c1ccc(CC2CCCC2=O)cc1. The van der Waals surface area contributed by atoms with Crippen molar-refractivity contribution in [3.05, 3.63) is 35.4 Å². The molecule has 0 spiro atoms. The number of carboxylic acids is 1. The predicted molar refractivity (Wildman–Crippen MR) is 68.5 cm³/mol. The lowest BCUT2D eigenvalue weighted by atomic mass is 9.86. The smallest absolute Gasteiger partial charge is 0.310 e. The number of Topliss-reactive ketones (excluding diaryl/α,β-unsaturated/α-hetero) is 1. The summed E-state index contributed by atoms with van der Waals surface area (Å²) in [5.41, 5.74) is 1.93. The lowest BCUT2D eigenvalue weighted by Crippen LogP contribution is -2.10. The Morgan fingerprint density at radius 2 is 2.06 bits per heavy atom. The highest BCUT2D eigenvalue weighted by atomic mass is 16.4. The van der Waals surface area contributed by atoms with Crippen LogP contribution >= 0.6 is 0 Å². The molecule has 2 atom stereocenters. The van der Waals surface area contributed by atoms with Gasteiger partial charge >= 0.3 is 5.97 Å². The first-order valence-electron chi connectivity index (χ1n) is 6.42. The summed E-state index contributed by atoms with van der Waals surface area (Å²) in [6, 6.07) is 7.60. The van der Waals surface area contributed by atoms with Gasteiger partial charge in [0.15, 0.2) is 0 Å². The summed E-state index contributed by atoms with van der Waals surface area (Å²) in [7, 11) is 0. The molecule has 3 heteroatoms. The zero-order valence-electron chi connectivity index (χ0n) is 10.6. The van der Waals surface area contributed by atoms with Gasteiger partial charge in [-0.3, -0.25) is 9.59 Å². The zero-order valence-corrected chi connectivity index (χ0v) is 10.6. The van der Waals surface area contributed by atoms with Crippen molar-refractivity contribution in [3.8, 4) is 0 Å². The van der Waals surface area contributed by atoms with E-state index >= 15 is 0 Å². The first kappa shape index (κ1) is 12.8. The fraction of sp³-hybridized carbons (Fsp3) is 0.467. The standard InChI is InChI=1S/C15H18O3/c1-10(15(17)18)12-7-5-11(6-8-12)9-13-3-2-4-14(13)16/h5-8,10,13H,2-4,9H2,1H3,(H,17,18)/i1-1. The molecule has 3 nitrogen and oxygen atoms in total. The molecule has 1 fully saturated rings. The van der Waals surface area contributed by atoms with Crippen molar-refractivity contribution < 1.29 is 14.7 Å². The largest absolute Gasteiger partial charge is 0.481 e. The molecule has 0 aliphatic heterocycles. The molecule has 1 aromatic rings. The van der Waals surface area contributed by atoms with Gasteiger partial charge in [-0.25, -0.2) is 0 Å². The second kappa shape index (κ2) is 5.34. The van der Waals surface area contributed by atoms with E-state index in [1.807, 2.05) is 24.3 Å². The third kappa shape index (κ3) is 2.78. The zero-order chi connectivity index (χ0) is 13.1. The third-order valence-electron chi connectivity index (χ3n) is 3.76. The molecular formula is C15H18O3. The minimum absolute atomic E-state index is 0.174. The van der Waals surface area contributed by atoms with Crippen molar-refractivity contribution in [1.29, 1.82) is 0 Å². The molecule has 1 saturated carbocycles. The molecule has 2 rings (SSSR count). The van der Waals surface area contributed by atoms with E-state index in [1.54, 1.807) is 6.92 Å². The van der Waals surface area contributed by atoms with Crippen molar-refractivity contribution in [1.82, 2.24) is 0 Å². The molecule has 0 aromatic heterocycles. The molecule has 2 unspecified atom stereocenters. The molecule has 1 aliphatic rings. The summed E-state index contributed by atoms with van der Waals surface area (Å²) in [6.45, 7) is 1.68. The highest BCUT2D eigenvalue weighted by Gasteiger charge is 2.24. The molecule has 0 saturated heterocycles. The summed E-state index contributed by atoms with van der Waals surface area (Å²) in [4.78, 5) is 22.4. The van der Waals surface area contributed by atoms with Gasteiger partial charge in [-0.2, -0.15) is 0 Å².